The summed E-state index contributed by atoms with van der Waals surface area (Å²) in [6, 6.07) is -0.549. The molecule has 6 heteroatoms. The van der Waals surface area contributed by atoms with Crippen molar-refractivity contribution in [1.82, 2.24) is 10.6 Å². The Balaban J connectivity index is 2.88. The van der Waals surface area contributed by atoms with Gasteiger partial charge in [-0.25, -0.2) is 9.59 Å². The molecule has 0 aliphatic carbocycles. The Morgan fingerprint density at radius 1 is 1.64 bits per heavy atom. The van der Waals surface area contributed by atoms with Crippen molar-refractivity contribution in [2.75, 3.05) is 6.54 Å². The number of amides is 2. The highest BCUT2D eigenvalue weighted by Gasteiger charge is 2.20. The van der Waals surface area contributed by atoms with E-state index >= 15 is 0 Å². The minimum atomic E-state index is -1.23. The monoisotopic (exact) mass is 176 g/mol. The number of carbonyl (C=O) groups excluding carboxylic acids is 1. The topological polar surface area (TPSA) is 78.4 Å². The van der Waals surface area contributed by atoms with E-state index in [9.17, 15) is 9.59 Å². The molecular formula is C5H5ClN2O3. The minimum absolute atomic E-state index is 0.0645. The smallest absolute Gasteiger partial charge is 0.353 e. The van der Waals surface area contributed by atoms with E-state index in [2.05, 4.69) is 10.6 Å². The Morgan fingerprint density at radius 2 is 2.27 bits per heavy atom. The Bertz CT molecular complexity index is 248. The molecule has 60 valence electrons. The zero-order valence-corrected chi connectivity index (χ0v) is 6.10. The number of halogens is 1. The SMILES string of the molecule is O=C1NCC(Cl)=C(C(=O)O)N1. The summed E-state index contributed by atoms with van der Waals surface area (Å²) in [6.07, 6.45) is 0. The van der Waals surface area contributed by atoms with Crippen LogP contribution < -0.4 is 10.6 Å². The van der Waals surface area contributed by atoms with Gasteiger partial charge >= 0.3 is 12.0 Å². The van der Waals surface area contributed by atoms with Crippen LogP contribution in [-0.2, 0) is 4.79 Å². The van der Waals surface area contributed by atoms with Gasteiger partial charge < -0.3 is 15.7 Å². The molecule has 1 aliphatic heterocycles. The molecule has 3 N–H and O–H groups in total. The molecule has 0 saturated carbocycles. The minimum Gasteiger partial charge on any atom is -0.477 e. The molecule has 0 spiro atoms. The summed E-state index contributed by atoms with van der Waals surface area (Å²) in [4.78, 5) is 20.9. The molecule has 11 heavy (non-hydrogen) atoms. The van der Waals surface area contributed by atoms with Crippen molar-refractivity contribution in [3.63, 3.8) is 0 Å². The van der Waals surface area contributed by atoms with Crippen LogP contribution in [0.25, 0.3) is 0 Å². The number of carboxylic acids is 1. The average Bonchev–Trinajstić information content (AvgIpc) is 1.94. The first-order chi connectivity index (χ1) is 5.11. The Labute approximate surface area is 67.0 Å². The van der Waals surface area contributed by atoms with E-state index in [1.807, 2.05) is 0 Å². The van der Waals surface area contributed by atoms with Crippen LogP contribution in [0.5, 0.6) is 0 Å². The van der Waals surface area contributed by atoms with Crippen LogP contribution in [0.3, 0.4) is 0 Å². The molecule has 1 heterocycles. The lowest BCUT2D eigenvalue weighted by atomic mass is 10.3. The van der Waals surface area contributed by atoms with Crippen LogP contribution in [0.2, 0.25) is 0 Å². The summed E-state index contributed by atoms with van der Waals surface area (Å²) in [5, 5.41) is 12.9. The first-order valence-corrected chi connectivity index (χ1v) is 3.16. The van der Waals surface area contributed by atoms with Gasteiger partial charge in [0.15, 0.2) is 0 Å². The van der Waals surface area contributed by atoms with Gasteiger partial charge in [-0.1, -0.05) is 11.6 Å². The van der Waals surface area contributed by atoms with E-state index in [4.69, 9.17) is 16.7 Å². The number of nitrogens with one attached hydrogen (secondary N) is 2. The van der Waals surface area contributed by atoms with E-state index in [1.54, 1.807) is 0 Å². The number of hydrogen-bond acceptors (Lipinski definition) is 2. The molecule has 5 nitrogen and oxygen atoms in total. The molecule has 0 atom stereocenters. The molecule has 0 aromatic carbocycles. The predicted octanol–water partition coefficient (Wildman–Crippen LogP) is -0.166. The molecule has 0 saturated heterocycles. The molecule has 0 unspecified atom stereocenters. The number of carbonyl (C=O) groups is 2. The van der Waals surface area contributed by atoms with Crippen molar-refractivity contribution in [3.05, 3.63) is 10.7 Å². The van der Waals surface area contributed by atoms with Crippen molar-refractivity contribution >= 4 is 23.6 Å². The first-order valence-electron chi connectivity index (χ1n) is 2.78. The Morgan fingerprint density at radius 3 is 2.73 bits per heavy atom. The van der Waals surface area contributed by atoms with Gasteiger partial charge in [-0.15, -0.1) is 0 Å². The highest BCUT2D eigenvalue weighted by atomic mass is 35.5. The second-order valence-electron chi connectivity index (χ2n) is 1.89. The zero-order chi connectivity index (χ0) is 8.43. The van der Waals surface area contributed by atoms with Gasteiger partial charge in [0.2, 0.25) is 0 Å². The standard InChI is InChI=1S/C5H5ClN2O3/c6-2-1-7-5(11)8-3(2)4(9)10/h1H2,(H,9,10)(H2,7,8,11). The lowest BCUT2D eigenvalue weighted by Crippen LogP contribution is -2.43. The van der Waals surface area contributed by atoms with E-state index in [0.717, 1.165) is 0 Å². The molecule has 0 aromatic rings. The average molecular weight is 177 g/mol. The number of aliphatic carboxylic acids is 1. The first kappa shape index (κ1) is 7.87. The van der Waals surface area contributed by atoms with Crippen molar-refractivity contribution in [3.8, 4) is 0 Å². The third-order valence-corrected chi connectivity index (χ3v) is 1.45. The molecule has 2 amide bonds. The normalized spacial score (nSPS) is 17.4. The maximum Gasteiger partial charge on any atom is 0.353 e. The molecule has 0 aromatic heterocycles. The predicted molar refractivity (Wildman–Crippen MR) is 37.0 cm³/mol. The van der Waals surface area contributed by atoms with Crippen molar-refractivity contribution in [1.29, 1.82) is 0 Å². The Hall–Kier alpha value is -1.23. The van der Waals surface area contributed by atoms with Gasteiger partial charge in [0.1, 0.15) is 5.70 Å². The molecular weight excluding hydrogens is 172 g/mol. The highest BCUT2D eigenvalue weighted by molar-refractivity contribution is 6.32. The maximum atomic E-state index is 10.5. The maximum absolute atomic E-state index is 10.5. The number of urea groups is 1. The third kappa shape index (κ3) is 1.62. The fourth-order valence-electron chi connectivity index (χ4n) is 0.641. The largest absolute Gasteiger partial charge is 0.477 e. The van der Waals surface area contributed by atoms with Gasteiger partial charge in [0.05, 0.1) is 11.6 Å². The molecule has 0 bridgehead atoms. The van der Waals surface area contributed by atoms with Crippen LogP contribution in [0.1, 0.15) is 0 Å². The number of rotatable bonds is 1. The van der Waals surface area contributed by atoms with Crippen LogP contribution in [0.15, 0.2) is 10.7 Å². The Kier molecular flexibility index (Phi) is 2.00. The summed E-state index contributed by atoms with van der Waals surface area (Å²) in [7, 11) is 0. The summed E-state index contributed by atoms with van der Waals surface area (Å²) >= 11 is 5.46. The molecule has 1 rings (SSSR count). The van der Waals surface area contributed by atoms with Crippen molar-refractivity contribution in [2.45, 2.75) is 0 Å². The van der Waals surface area contributed by atoms with Crippen LogP contribution in [0, 0.1) is 0 Å². The summed E-state index contributed by atoms with van der Waals surface area (Å²) in [6.45, 7) is 0.0645. The molecule has 1 aliphatic rings. The lowest BCUT2D eigenvalue weighted by Gasteiger charge is -2.14. The summed E-state index contributed by atoms with van der Waals surface area (Å²) < 4.78 is 0. The van der Waals surface area contributed by atoms with Crippen molar-refractivity contribution < 1.29 is 14.7 Å². The van der Waals surface area contributed by atoms with Crippen LogP contribution in [0.4, 0.5) is 4.79 Å². The zero-order valence-electron chi connectivity index (χ0n) is 5.35. The second-order valence-corrected chi connectivity index (χ2v) is 2.35. The summed E-state index contributed by atoms with van der Waals surface area (Å²) in [5.74, 6) is -1.23. The van der Waals surface area contributed by atoms with Gasteiger partial charge in [0, 0.05) is 0 Å². The van der Waals surface area contributed by atoms with Crippen LogP contribution in [-0.4, -0.2) is 23.7 Å². The van der Waals surface area contributed by atoms with Crippen LogP contribution >= 0.6 is 11.6 Å². The van der Waals surface area contributed by atoms with Gasteiger partial charge in [0.25, 0.3) is 0 Å². The van der Waals surface area contributed by atoms with E-state index in [1.165, 1.54) is 0 Å². The van der Waals surface area contributed by atoms with E-state index < -0.39 is 12.0 Å². The molecule has 0 radical (unpaired) electrons. The third-order valence-electron chi connectivity index (χ3n) is 1.13. The van der Waals surface area contributed by atoms with Crippen molar-refractivity contribution in [2.24, 2.45) is 0 Å². The lowest BCUT2D eigenvalue weighted by molar-refractivity contribution is -0.133. The summed E-state index contributed by atoms with van der Waals surface area (Å²) in [5.41, 5.74) is -0.254. The number of carboxylic acid groups (broad SMARTS) is 1. The molecule has 0 fully saturated rings. The van der Waals surface area contributed by atoms with E-state index in [0.29, 0.717) is 0 Å². The second kappa shape index (κ2) is 2.79. The van der Waals surface area contributed by atoms with Gasteiger partial charge in [-0.05, 0) is 0 Å². The fourth-order valence-corrected chi connectivity index (χ4v) is 0.836. The highest BCUT2D eigenvalue weighted by Crippen LogP contribution is 2.08. The van der Waals surface area contributed by atoms with Gasteiger partial charge in [-0.2, -0.15) is 0 Å². The number of hydrogen-bond donors (Lipinski definition) is 3. The van der Waals surface area contributed by atoms with E-state index in [-0.39, 0.29) is 17.3 Å². The van der Waals surface area contributed by atoms with Gasteiger partial charge in [-0.3, -0.25) is 0 Å². The fraction of sp³-hybridized carbons (Fsp3) is 0.200. The quantitative estimate of drug-likeness (QED) is 0.519.